The molecule has 0 aliphatic rings. The molecule has 0 radical (unpaired) electrons. The van der Waals surface area contributed by atoms with E-state index in [4.69, 9.17) is 0 Å². The summed E-state index contributed by atoms with van der Waals surface area (Å²) in [6.45, 7) is 5.81. The van der Waals surface area contributed by atoms with E-state index in [0.717, 1.165) is 18.6 Å². The van der Waals surface area contributed by atoms with E-state index in [9.17, 15) is 20.7 Å². The molecule has 0 saturated heterocycles. The minimum Gasteiger partial charge on any atom is -0.208 e. The van der Waals surface area contributed by atoms with Gasteiger partial charge >= 0.3 is 10.2 Å². The molecular formula is C13H20FNO4S2. The van der Waals surface area contributed by atoms with E-state index in [0.29, 0.717) is 12.3 Å². The van der Waals surface area contributed by atoms with E-state index in [1.165, 1.54) is 12.1 Å². The van der Waals surface area contributed by atoms with Crippen LogP contribution >= 0.6 is 0 Å². The van der Waals surface area contributed by atoms with Crippen LogP contribution in [-0.2, 0) is 20.2 Å². The van der Waals surface area contributed by atoms with Gasteiger partial charge < -0.3 is 0 Å². The van der Waals surface area contributed by atoms with E-state index >= 15 is 0 Å². The summed E-state index contributed by atoms with van der Waals surface area (Å²) < 4.78 is 61.3. The lowest BCUT2D eigenvalue weighted by Gasteiger charge is -2.15. The van der Waals surface area contributed by atoms with Crippen molar-refractivity contribution in [1.82, 2.24) is 4.72 Å². The monoisotopic (exact) mass is 337 g/mol. The molecule has 1 aromatic rings. The number of hydrogen-bond donors (Lipinski definition) is 1. The Balaban J connectivity index is 2.93. The maximum Gasteiger partial charge on any atom is 0.332 e. The maximum atomic E-state index is 12.9. The summed E-state index contributed by atoms with van der Waals surface area (Å²) in [6, 6.07) is 3.96. The zero-order valence-electron chi connectivity index (χ0n) is 12.2. The third-order valence-electron chi connectivity index (χ3n) is 2.93. The van der Waals surface area contributed by atoms with Crippen molar-refractivity contribution in [2.24, 2.45) is 5.92 Å². The second-order valence-corrected chi connectivity index (χ2v) is 8.47. The molecule has 0 aromatic heterocycles. The van der Waals surface area contributed by atoms with Crippen molar-refractivity contribution in [3.63, 3.8) is 0 Å². The highest BCUT2D eigenvalue weighted by atomic mass is 32.3. The molecule has 0 bridgehead atoms. The van der Waals surface area contributed by atoms with Crippen LogP contribution < -0.4 is 4.72 Å². The molecule has 0 amide bonds. The van der Waals surface area contributed by atoms with Crippen molar-refractivity contribution in [2.75, 3.05) is 0 Å². The molecule has 0 saturated carbocycles. The summed E-state index contributed by atoms with van der Waals surface area (Å²) in [7, 11) is -8.80. The standard InChI is InChI=1S/C13H20FNO4S2/c1-10(2)7-8-11(3)15-21(18,19)13-6-4-5-12(9-13)20(14,16)17/h4-6,9-11,15H,7-8H2,1-3H3. The molecule has 8 heteroatoms. The highest BCUT2D eigenvalue weighted by Gasteiger charge is 2.20. The Morgan fingerprint density at radius 3 is 2.14 bits per heavy atom. The van der Waals surface area contributed by atoms with Crippen molar-refractivity contribution in [2.45, 2.75) is 49.4 Å². The van der Waals surface area contributed by atoms with Crippen LogP contribution in [0, 0.1) is 5.92 Å². The third kappa shape index (κ3) is 5.72. The lowest BCUT2D eigenvalue weighted by Crippen LogP contribution is -2.32. The third-order valence-corrected chi connectivity index (χ3v) is 5.33. The average molecular weight is 337 g/mol. The summed E-state index contributed by atoms with van der Waals surface area (Å²) >= 11 is 0. The molecule has 0 fully saturated rings. The van der Waals surface area contributed by atoms with Gasteiger partial charge in [-0.05, 0) is 43.9 Å². The van der Waals surface area contributed by atoms with Gasteiger partial charge in [0, 0.05) is 6.04 Å². The molecule has 21 heavy (non-hydrogen) atoms. The molecule has 120 valence electrons. The number of rotatable bonds is 7. The molecule has 1 aromatic carbocycles. The minimum absolute atomic E-state index is 0.266. The van der Waals surface area contributed by atoms with Crippen LogP contribution in [0.5, 0.6) is 0 Å². The molecule has 1 rings (SSSR count). The predicted octanol–water partition coefficient (Wildman–Crippen LogP) is 2.45. The maximum absolute atomic E-state index is 12.9. The summed E-state index contributed by atoms with van der Waals surface area (Å²) in [5.74, 6) is 0.456. The number of nitrogens with one attached hydrogen (secondary N) is 1. The first-order valence-corrected chi connectivity index (χ1v) is 9.46. The van der Waals surface area contributed by atoms with Gasteiger partial charge in [-0.3, -0.25) is 0 Å². The largest absolute Gasteiger partial charge is 0.332 e. The van der Waals surface area contributed by atoms with Crippen molar-refractivity contribution in [3.05, 3.63) is 24.3 Å². The van der Waals surface area contributed by atoms with Crippen molar-refractivity contribution in [1.29, 1.82) is 0 Å². The van der Waals surface area contributed by atoms with Gasteiger partial charge in [0.05, 0.1) is 9.79 Å². The molecule has 1 unspecified atom stereocenters. The number of sulfonamides is 1. The highest BCUT2D eigenvalue weighted by Crippen LogP contribution is 2.18. The SMILES string of the molecule is CC(C)CCC(C)NS(=O)(=O)c1cccc(S(=O)(=O)F)c1. The summed E-state index contributed by atoms with van der Waals surface area (Å²) in [6.07, 6.45) is 1.53. The fraction of sp³-hybridized carbons (Fsp3) is 0.538. The van der Waals surface area contributed by atoms with Gasteiger partial charge in [-0.1, -0.05) is 19.9 Å². The number of benzene rings is 1. The van der Waals surface area contributed by atoms with Crippen LogP contribution in [0.1, 0.15) is 33.6 Å². The van der Waals surface area contributed by atoms with Gasteiger partial charge in [-0.25, -0.2) is 13.1 Å². The molecule has 0 aliphatic carbocycles. The first kappa shape index (κ1) is 18.1. The zero-order valence-corrected chi connectivity index (χ0v) is 13.8. The Morgan fingerprint density at radius 1 is 1.05 bits per heavy atom. The van der Waals surface area contributed by atoms with Gasteiger partial charge in [0.25, 0.3) is 0 Å². The van der Waals surface area contributed by atoms with Crippen molar-refractivity contribution < 1.29 is 20.7 Å². The van der Waals surface area contributed by atoms with Crippen LogP contribution in [0.25, 0.3) is 0 Å². The number of hydrogen-bond acceptors (Lipinski definition) is 4. The average Bonchev–Trinajstić information content (AvgIpc) is 2.35. The summed E-state index contributed by atoms with van der Waals surface area (Å²) in [5, 5.41) is 0. The second-order valence-electron chi connectivity index (χ2n) is 5.41. The Morgan fingerprint density at radius 2 is 1.62 bits per heavy atom. The Kier molecular flexibility index (Phi) is 5.89. The molecule has 0 spiro atoms. The summed E-state index contributed by atoms with van der Waals surface area (Å²) in [4.78, 5) is -0.933. The normalized spacial score (nSPS) is 14.3. The van der Waals surface area contributed by atoms with E-state index in [-0.39, 0.29) is 10.9 Å². The lowest BCUT2D eigenvalue weighted by molar-refractivity contribution is 0.485. The van der Waals surface area contributed by atoms with Gasteiger partial charge in [0.15, 0.2) is 0 Å². The molecule has 1 atom stereocenters. The van der Waals surface area contributed by atoms with Gasteiger partial charge in [-0.15, -0.1) is 3.89 Å². The van der Waals surface area contributed by atoms with Crippen LogP contribution in [-0.4, -0.2) is 22.9 Å². The fourth-order valence-corrected chi connectivity index (χ4v) is 3.68. The van der Waals surface area contributed by atoms with Gasteiger partial charge in [0.1, 0.15) is 0 Å². The minimum atomic E-state index is -4.93. The van der Waals surface area contributed by atoms with Crippen molar-refractivity contribution >= 4 is 20.2 Å². The van der Waals surface area contributed by atoms with E-state index in [1.807, 2.05) is 13.8 Å². The van der Waals surface area contributed by atoms with E-state index in [1.54, 1.807) is 6.92 Å². The van der Waals surface area contributed by atoms with Crippen LogP contribution in [0.3, 0.4) is 0 Å². The lowest BCUT2D eigenvalue weighted by atomic mass is 10.1. The van der Waals surface area contributed by atoms with E-state index < -0.39 is 25.1 Å². The Labute approximate surface area is 125 Å². The first-order chi connectivity index (χ1) is 9.52. The van der Waals surface area contributed by atoms with E-state index in [2.05, 4.69) is 4.72 Å². The molecule has 5 nitrogen and oxygen atoms in total. The van der Waals surface area contributed by atoms with Crippen molar-refractivity contribution in [3.8, 4) is 0 Å². The second kappa shape index (κ2) is 6.85. The molecule has 1 N–H and O–H groups in total. The number of halogens is 1. The zero-order chi connectivity index (χ0) is 16.3. The quantitative estimate of drug-likeness (QED) is 0.775. The Hall–Kier alpha value is -0.990. The Bertz CT molecular complexity index is 684. The van der Waals surface area contributed by atoms with Crippen LogP contribution in [0.2, 0.25) is 0 Å². The highest BCUT2D eigenvalue weighted by molar-refractivity contribution is 7.89. The predicted molar refractivity (Wildman–Crippen MR) is 78.6 cm³/mol. The fourth-order valence-electron chi connectivity index (χ4n) is 1.77. The first-order valence-electron chi connectivity index (χ1n) is 6.59. The topological polar surface area (TPSA) is 80.3 Å². The van der Waals surface area contributed by atoms with Crippen LogP contribution in [0.15, 0.2) is 34.1 Å². The molecule has 0 aliphatic heterocycles. The van der Waals surface area contributed by atoms with Gasteiger partial charge in [0.2, 0.25) is 10.0 Å². The summed E-state index contributed by atoms with van der Waals surface area (Å²) in [5.41, 5.74) is 0. The molecular weight excluding hydrogens is 317 g/mol. The van der Waals surface area contributed by atoms with Crippen LogP contribution in [0.4, 0.5) is 3.89 Å². The van der Waals surface area contributed by atoms with Gasteiger partial charge in [-0.2, -0.15) is 8.42 Å². The smallest absolute Gasteiger partial charge is 0.208 e. The molecule has 0 heterocycles.